The van der Waals surface area contributed by atoms with Crippen LogP contribution in [-0.4, -0.2) is 60.4 Å². The number of hydrogen-bond donors (Lipinski definition) is 0. The number of amides is 1. The number of likely N-dealkylation sites (tertiary alicyclic amines) is 1. The van der Waals surface area contributed by atoms with Crippen molar-refractivity contribution in [1.82, 2.24) is 9.80 Å². The molecule has 0 saturated carbocycles. The van der Waals surface area contributed by atoms with Crippen molar-refractivity contribution in [1.29, 1.82) is 0 Å². The second kappa shape index (κ2) is 11.2. The number of para-hydroxylation sites is 1. The summed E-state index contributed by atoms with van der Waals surface area (Å²) in [5, 5.41) is 0. The molecule has 0 aliphatic carbocycles. The first-order valence-corrected chi connectivity index (χ1v) is 13.7. The second-order valence-corrected chi connectivity index (χ2v) is 12.1. The van der Waals surface area contributed by atoms with E-state index < -0.39 is 5.60 Å². The van der Waals surface area contributed by atoms with Gasteiger partial charge < -0.3 is 19.1 Å². The summed E-state index contributed by atoms with van der Waals surface area (Å²) in [7, 11) is 1.85. The highest BCUT2D eigenvalue weighted by molar-refractivity contribution is 9.11. The summed E-state index contributed by atoms with van der Waals surface area (Å²) in [4.78, 5) is 16.8. The lowest BCUT2D eigenvalue weighted by Gasteiger charge is -2.44. The molecule has 2 aromatic rings. The minimum Gasteiger partial charge on any atom is -0.490 e. The molecule has 35 heavy (non-hydrogen) atoms. The van der Waals surface area contributed by atoms with Gasteiger partial charge in [0.25, 0.3) is 0 Å². The van der Waals surface area contributed by atoms with Crippen molar-refractivity contribution in [3.8, 4) is 5.75 Å². The SMILES string of the molecule is CN(C(=O)OC(C)(C)C)C1CCN([C@H]2c3ccccc3OC[C@@H]2OCc2cc(Br)cc(Br)c2)CC1. The Morgan fingerprint density at radius 3 is 2.43 bits per heavy atom. The Morgan fingerprint density at radius 1 is 1.11 bits per heavy atom. The number of nitrogens with zero attached hydrogens (tertiary/aromatic N) is 2. The number of carbonyl (C=O) groups is 1. The molecule has 8 heteroatoms. The van der Waals surface area contributed by atoms with Gasteiger partial charge in [-0.05, 0) is 63.4 Å². The van der Waals surface area contributed by atoms with E-state index in [0.29, 0.717) is 13.2 Å². The second-order valence-electron chi connectivity index (χ2n) is 10.3. The Morgan fingerprint density at radius 2 is 1.77 bits per heavy atom. The summed E-state index contributed by atoms with van der Waals surface area (Å²) in [6.07, 6.45) is 1.43. The van der Waals surface area contributed by atoms with Gasteiger partial charge in [0.2, 0.25) is 0 Å². The summed E-state index contributed by atoms with van der Waals surface area (Å²) in [5.41, 5.74) is 1.77. The van der Waals surface area contributed by atoms with Crippen LogP contribution in [0.4, 0.5) is 4.79 Å². The minimum absolute atomic E-state index is 0.0946. The monoisotopic (exact) mass is 608 g/mol. The molecule has 0 unspecified atom stereocenters. The number of rotatable bonds is 5. The average Bonchev–Trinajstić information content (AvgIpc) is 2.80. The lowest BCUT2D eigenvalue weighted by Crippen LogP contribution is -2.51. The Balaban J connectivity index is 1.45. The first-order valence-electron chi connectivity index (χ1n) is 12.1. The molecule has 1 fully saturated rings. The highest BCUT2D eigenvalue weighted by atomic mass is 79.9. The molecule has 2 aliphatic heterocycles. The Hall–Kier alpha value is -1.61. The van der Waals surface area contributed by atoms with Gasteiger partial charge in [-0.15, -0.1) is 0 Å². The summed E-state index contributed by atoms with van der Waals surface area (Å²) in [6, 6.07) is 14.7. The molecule has 0 bridgehead atoms. The molecule has 2 heterocycles. The standard InChI is InChI=1S/C27H34Br2N2O4/c1-27(2,3)35-26(32)30(4)21-9-11-31(12-10-21)25-22-7-5-6-8-23(22)34-17-24(25)33-16-18-13-19(28)15-20(29)14-18/h5-8,13-15,21,24-25H,9-12,16-17H2,1-4H3/t24-,25-/m0/s1. The van der Waals surface area contributed by atoms with Gasteiger partial charge in [-0.1, -0.05) is 50.1 Å². The van der Waals surface area contributed by atoms with E-state index in [4.69, 9.17) is 14.2 Å². The first kappa shape index (κ1) is 26.5. The van der Waals surface area contributed by atoms with Gasteiger partial charge in [0.15, 0.2) is 0 Å². The van der Waals surface area contributed by atoms with Crippen LogP contribution in [0.15, 0.2) is 51.4 Å². The fourth-order valence-electron chi connectivity index (χ4n) is 4.82. The lowest BCUT2D eigenvalue weighted by atomic mass is 9.93. The molecule has 0 N–H and O–H groups in total. The van der Waals surface area contributed by atoms with Gasteiger partial charge in [0, 0.05) is 40.7 Å². The van der Waals surface area contributed by atoms with E-state index in [1.807, 2.05) is 46.0 Å². The van der Waals surface area contributed by atoms with E-state index in [2.05, 4.69) is 61.0 Å². The first-order chi connectivity index (χ1) is 16.6. The fourth-order valence-corrected chi connectivity index (χ4v) is 6.21. The molecule has 1 saturated heterocycles. The molecule has 0 aromatic heterocycles. The van der Waals surface area contributed by atoms with Crippen molar-refractivity contribution in [3.63, 3.8) is 0 Å². The van der Waals surface area contributed by atoms with E-state index in [0.717, 1.165) is 51.8 Å². The maximum absolute atomic E-state index is 12.6. The largest absolute Gasteiger partial charge is 0.490 e. The Bertz CT molecular complexity index is 1010. The van der Waals surface area contributed by atoms with Crippen LogP contribution >= 0.6 is 31.9 Å². The highest BCUT2D eigenvalue weighted by Gasteiger charge is 2.39. The molecule has 0 radical (unpaired) electrons. The number of hydrogen-bond acceptors (Lipinski definition) is 5. The summed E-state index contributed by atoms with van der Waals surface area (Å²) < 4.78 is 20.2. The van der Waals surface area contributed by atoms with E-state index in [9.17, 15) is 4.79 Å². The lowest BCUT2D eigenvalue weighted by molar-refractivity contribution is -0.0676. The van der Waals surface area contributed by atoms with Gasteiger partial charge >= 0.3 is 6.09 Å². The van der Waals surface area contributed by atoms with Crippen LogP contribution in [0.5, 0.6) is 5.75 Å². The molecule has 4 rings (SSSR count). The van der Waals surface area contributed by atoms with Gasteiger partial charge in [-0.25, -0.2) is 4.79 Å². The third-order valence-corrected chi connectivity index (χ3v) is 7.42. The number of ether oxygens (including phenoxy) is 3. The van der Waals surface area contributed by atoms with E-state index in [-0.39, 0.29) is 24.3 Å². The zero-order chi connectivity index (χ0) is 25.2. The van der Waals surface area contributed by atoms with Crippen LogP contribution in [0, 0.1) is 0 Å². The number of halogens is 2. The predicted octanol–water partition coefficient (Wildman–Crippen LogP) is 6.56. The van der Waals surface area contributed by atoms with Crippen LogP contribution in [0.2, 0.25) is 0 Å². The molecule has 1 amide bonds. The third-order valence-electron chi connectivity index (χ3n) is 6.50. The predicted molar refractivity (Wildman–Crippen MR) is 144 cm³/mol. The summed E-state index contributed by atoms with van der Waals surface area (Å²) >= 11 is 7.13. The zero-order valence-corrected chi connectivity index (χ0v) is 24.0. The molecule has 2 aromatic carbocycles. The van der Waals surface area contributed by atoms with E-state index >= 15 is 0 Å². The van der Waals surface area contributed by atoms with Crippen LogP contribution in [0.3, 0.4) is 0 Å². The van der Waals surface area contributed by atoms with Crippen molar-refractivity contribution >= 4 is 38.0 Å². The fraction of sp³-hybridized carbons (Fsp3) is 0.519. The van der Waals surface area contributed by atoms with Crippen molar-refractivity contribution in [2.75, 3.05) is 26.7 Å². The molecule has 2 aliphatic rings. The molecular formula is C27H34Br2N2O4. The van der Waals surface area contributed by atoms with Crippen molar-refractivity contribution in [2.45, 2.75) is 64.0 Å². The maximum atomic E-state index is 12.6. The number of benzene rings is 2. The highest BCUT2D eigenvalue weighted by Crippen LogP contribution is 2.39. The molecule has 190 valence electrons. The van der Waals surface area contributed by atoms with Crippen molar-refractivity contribution < 1.29 is 19.0 Å². The van der Waals surface area contributed by atoms with E-state index in [1.54, 1.807) is 4.90 Å². The smallest absolute Gasteiger partial charge is 0.410 e. The molecule has 6 nitrogen and oxygen atoms in total. The quantitative estimate of drug-likeness (QED) is 0.384. The van der Waals surface area contributed by atoms with Crippen LogP contribution < -0.4 is 4.74 Å². The normalized spacial score (nSPS) is 21.2. The maximum Gasteiger partial charge on any atom is 0.410 e. The van der Waals surface area contributed by atoms with Crippen LogP contribution in [-0.2, 0) is 16.1 Å². The molecular weight excluding hydrogens is 576 g/mol. The average molecular weight is 610 g/mol. The van der Waals surface area contributed by atoms with Crippen molar-refractivity contribution in [3.05, 3.63) is 62.5 Å². The van der Waals surface area contributed by atoms with Gasteiger partial charge in [0.1, 0.15) is 24.1 Å². The molecule has 2 atom stereocenters. The van der Waals surface area contributed by atoms with E-state index in [1.165, 1.54) is 0 Å². The number of piperidine rings is 1. The van der Waals surface area contributed by atoms with Crippen molar-refractivity contribution in [2.24, 2.45) is 0 Å². The minimum atomic E-state index is -0.494. The van der Waals surface area contributed by atoms with Gasteiger partial charge in [-0.3, -0.25) is 4.90 Å². The van der Waals surface area contributed by atoms with Gasteiger partial charge in [0.05, 0.1) is 12.6 Å². The summed E-state index contributed by atoms with van der Waals surface area (Å²) in [6.45, 7) is 8.46. The number of fused-ring (bicyclic) bond motifs is 1. The molecule has 0 spiro atoms. The summed E-state index contributed by atoms with van der Waals surface area (Å²) in [5.74, 6) is 0.926. The zero-order valence-electron chi connectivity index (χ0n) is 20.8. The number of carbonyl (C=O) groups excluding carboxylic acids is 1. The Labute approximate surface area is 225 Å². The Kier molecular flexibility index (Phi) is 8.46. The van der Waals surface area contributed by atoms with Crippen LogP contribution in [0.1, 0.15) is 50.8 Å². The van der Waals surface area contributed by atoms with Gasteiger partial charge in [-0.2, -0.15) is 0 Å². The third kappa shape index (κ3) is 6.79. The topological polar surface area (TPSA) is 51.2 Å². The van der Waals surface area contributed by atoms with Crippen LogP contribution in [0.25, 0.3) is 0 Å².